The van der Waals surface area contributed by atoms with E-state index in [1.54, 1.807) is 25.0 Å². The molecule has 2 unspecified atom stereocenters. The van der Waals surface area contributed by atoms with Crippen molar-refractivity contribution >= 4 is 5.91 Å². The van der Waals surface area contributed by atoms with E-state index in [0.29, 0.717) is 18.7 Å². The Kier molecular flexibility index (Phi) is 5.04. The number of amides is 1. The number of carbonyl (C=O) groups is 1. The van der Waals surface area contributed by atoms with Crippen molar-refractivity contribution in [3.8, 4) is 16.9 Å². The summed E-state index contributed by atoms with van der Waals surface area (Å²) in [5.41, 5.74) is 1.64. The first-order chi connectivity index (χ1) is 12.0. The van der Waals surface area contributed by atoms with Crippen LogP contribution in [0.5, 0.6) is 5.75 Å². The zero-order chi connectivity index (χ0) is 18.0. The highest BCUT2D eigenvalue weighted by Crippen LogP contribution is 2.26. The third kappa shape index (κ3) is 3.66. The minimum atomic E-state index is -0.529. The number of carbonyl (C=O) groups excluding carboxylic acids is 1. The lowest BCUT2D eigenvalue weighted by molar-refractivity contribution is 0.0758. The highest BCUT2D eigenvalue weighted by atomic mass is 19.1. The predicted octanol–water partition coefficient (Wildman–Crippen LogP) is 3.34. The fraction of sp³-hybridized carbons (Fsp3) is 0.350. The van der Waals surface area contributed by atoms with Gasteiger partial charge >= 0.3 is 0 Å². The number of hydrogen-bond donors (Lipinski definition) is 1. The number of aliphatic hydroxyl groups excluding tert-OH is 1. The van der Waals surface area contributed by atoms with Gasteiger partial charge in [-0.3, -0.25) is 4.79 Å². The van der Waals surface area contributed by atoms with Gasteiger partial charge in [0.15, 0.2) is 0 Å². The lowest BCUT2D eigenvalue weighted by Crippen LogP contribution is -2.31. The molecule has 2 aromatic rings. The van der Waals surface area contributed by atoms with E-state index in [0.717, 1.165) is 17.7 Å². The Balaban J connectivity index is 1.78. The minimum absolute atomic E-state index is 0.0607. The topological polar surface area (TPSA) is 49.8 Å². The fourth-order valence-electron chi connectivity index (χ4n) is 3.19. The summed E-state index contributed by atoms with van der Waals surface area (Å²) in [6, 6.07) is 12.0. The van der Waals surface area contributed by atoms with Crippen LogP contribution in [-0.2, 0) is 0 Å². The highest BCUT2D eigenvalue weighted by Gasteiger charge is 2.30. The van der Waals surface area contributed by atoms with E-state index in [9.17, 15) is 14.3 Å². The van der Waals surface area contributed by atoms with Crippen molar-refractivity contribution in [3.63, 3.8) is 0 Å². The lowest BCUT2D eigenvalue weighted by atomic mass is 10.0. The third-order valence-electron chi connectivity index (χ3n) is 4.82. The van der Waals surface area contributed by atoms with Crippen LogP contribution in [0.4, 0.5) is 4.39 Å². The molecular formula is C20H22FNO3. The molecular weight excluding hydrogens is 321 g/mol. The van der Waals surface area contributed by atoms with Gasteiger partial charge in [-0.15, -0.1) is 0 Å². The summed E-state index contributed by atoms with van der Waals surface area (Å²) >= 11 is 0. The van der Waals surface area contributed by atoms with Gasteiger partial charge in [-0.2, -0.15) is 0 Å². The number of nitrogens with zero attached hydrogens (tertiary/aromatic N) is 1. The van der Waals surface area contributed by atoms with Crippen LogP contribution >= 0.6 is 0 Å². The Labute approximate surface area is 146 Å². The van der Waals surface area contributed by atoms with Crippen LogP contribution in [0.3, 0.4) is 0 Å². The first-order valence-electron chi connectivity index (χ1n) is 8.41. The standard InChI is InChI=1S/C20H22FNO3/c1-13(23)16-9-10-22(12-16)20(24)18-8-5-15(11-19(18)21)14-3-6-17(25-2)7-4-14/h3-8,11,13,16,23H,9-10,12H2,1-2H3. The number of methoxy groups -OCH3 is 1. The van der Waals surface area contributed by atoms with Crippen molar-refractivity contribution in [2.45, 2.75) is 19.4 Å². The molecule has 0 saturated carbocycles. The van der Waals surface area contributed by atoms with E-state index in [-0.39, 0.29) is 17.4 Å². The number of hydrogen-bond acceptors (Lipinski definition) is 3. The van der Waals surface area contributed by atoms with Gasteiger partial charge in [0.05, 0.1) is 18.8 Å². The Morgan fingerprint density at radius 3 is 2.48 bits per heavy atom. The Morgan fingerprint density at radius 1 is 1.24 bits per heavy atom. The normalized spacial score (nSPS) is 18.2. The molecule has 0 bridgehead atoms. The summed E-state index contributed by atoms with van der Waals surface area (Å²) in [5.74, 6) is -0.0518. The summed E-state index contributed by atoms with van der Waals surface area (Å²) in [5, 5.41) is 9.66. The average molecular weight is 343 g/mol. The predicted molar refractivity (Wildman–Crippen MR) is 94.1 cm³/mol. The second-order valence-corrected chi connectivity index (χ2v) is 6.46. The summed E-state index contributed by atoms with van der Waals surface area (Å²) < 4.78 is 19.6. The molecule has 1 saturated heterocycles. The molecule has 5 heteroatoms. The molecule has 25 heavy (non-hydrogen) atoms. The van der Waals surface area contributed by atoms with E-state index in [1.165, 1.54) is 12.1 Å². The quantitative estimate of drug-likeness (QED) is 0.926. The summed E-state index contributed by atoms with van der Waals surface area (Å²) in [7, 11) is 1.59. The molecule has 2 aromatic carbocycles. The molecule has 132 valence electrons. The van der Waals surface area contributed by atoms with Gasteiger partial charge in [-0.25, -0.2) is 4.39 Å². The second kappa shape index (κ2) is 7.23. The van der Waals surface area contributed by atoms with Crippen LogP contribution in [0.2, 0.25) is 0 Å². The van der Waals surface area contributed by atoms with Crippen molar-refractivity contribution in [1.82, 2.24) is 4.90 Å². The van der Waals surface area contributed by atoms with Gasteiger partial charge in [-0.05, 0) is 48.7 Å². The number of benzene rings is 2. The van der Waals surface area contributed by atoms with Crippen molar-refractivity contribution in [1.29, 1.82) is 0 Å². The van der Waals surface area contributed by atoms with Gasteiger partial charge in [0, 0.05) is 19.0 Å². The molecule has 3 rings (SSSR count). The highest BCUT2D eigenvalue weighted by molar-refractivity contribution is 5.95. The van der Waals surface area contributed by atoms with E-state index < -0.39 is 11.9 Å². The number of likely N-dealkylation sites (tertiary alicyclic amines) is 1. The van der Waals surface area contributed by atoms with Gasteiger partial charge in [-0.1, -0.05) is 18.2 Å². The molecule has 1 aliphatic rings. The summed E-state index contributed by atoms with van der Waals surface area (Å²) in [4.78, 5) is 14.2. The monoisotopic (exact) mass is 343 g/mol. The Bertz CT molecular complexity index is 758. The van der Waals surface area contributed by atoms with Gasteiger partial charge < -0.3 is 14.7 Å². The zero-order valence-electron chi connectivity index (χ0n) is 14.4. The number of aliphatic hydroxyl groups is 1. The van der Waals surface area contributed by atoms with E-state index in [1.807, 2.05) is 24.3 Å². The first kappa shape index (κ1) is 17.4. The zero-order valence-corrected chi connectivity index (χ0v) is 14.4. The van der Waals surface area contributed by atoms with Crippen molar-refractivity contribution in [2.24, 2.45) is 5.92 Å². The Morgan fingerprint density at radius 2 is 1.92 bits per heavy atom. The third-order valence-corrected chi connectivity index (χ3v) is 4.82. The molecule has 1 fully saturated rings. The van der Waals surface area contributed by atoms with Crippen LogP contribution in [0.15, 0.2) is 42.5 Å². The fourth-order valence-corrected chi connectivity index (χ4v) is 3.19. The summed E-state index contributed by atoms with van der Waals surface area (Å²) in [6.45, 7) is 2.74. The molecule has 4 nitrogen and oxygen atoms in total. The van der Waals surface area contributed by atoms with Crippen LogP contribution < -0.4 is 4.74 Å². The largest absolute Gasteiger partial charge is 0.497 e. The van der Waals surface area contributed by atoms with Crippen LogP contribution in [-0.4, -0.2) is 42.2 Å². The maximum Gasteiger partial charge on any atom is 0.256 e. The molecule has 0 radical (unpaired) electrons. The van der Waals surface area contributed by atoms with Crippen molar-refractivity contribution in [2.75, 3.05) is 20.2 Å². The molecule has 1 amide bonds. The molecule has 0 aromatic heterocycles. The van der Waals surface area contributed by atoms with Crippen LogP contribution in [0.25, 0.3) is 11.1 Å². The molecule has 0 spiro atoms. The smallest absolute Gasteiger partial charge is 0.256 e. The van der Waals surface area contributed by atoms with Crippen molar-refractivity contribution < 1.29 is 19.0 Å². The van der Waals surface area contributed by atoms with E-state index in [4.69, 9.17) is 4.74 Å². The molecule has 0 aliphatic carbocycles. The number of ether oxygens (including phenoxy) is 1. The average Bonchev–Trinajstić information content (AvgIpc) is 3.11. The van der Waals surface area contributed by atoms with Gasteiger partial charge in [0.25, 0.3) is 5.91 Å². The molecule has 1 heterocycles. The molecule has 2 atom stereocenters. The Hall–Kier alpha value is -2.40. The molecule has 1 N–H and O–H groups in total. The van der Waals surface area contributed by atoms with Gasteiger partial charge in [0.1, 0.15) is 11.6 Å². The maximum atomic E-state index is 14.5. The van der Waals surface area contributed by atoms with Crippen LogP contribution in [0.1, 0.15) is 23.7 Å². The first-order valence-corrected chi connectivity index (χ1v) is 8.41. The summed E-state index contributed by atoms with van der Waals surface area (Å²) in [6.07, 6.45) is 0.287. The minimum Gasteiger partial charge on any atom is -0.497 e. The molecule has 1 aliphatic heterocycles. The van der Waals surface area contributed by atoms with Gasteiger partial charge in [0.2, 0.25) is 0 Å². The number of halogens is 1. The SMILES string of the molecule is COc1ccc(-c2ccc(C(=O)N3CCC(C(C)O)C3)c(F)c2)cc1. The van der Waals surface area contributed by atoms with Crippen LogP contribution in [0, 0.1) is 11.7 Å². The second-order valence-electron chi connectivity index (χ2n) is 6.46. The van der Waals surface area contributed by atoms with Crippen molar-refractivity contribution in [3.05, 3.63) is 53.8 Å². The number of rotatable bonds is 4. The maximum absolute atomic E-state index is 14.5. The lowest BCUT2D eigenvalue weighted by Gasteiger charge is -2.18. The van der Waals surface area contributed by atoms with E-state index in [2.05, 4.69) is 0 Å². The van der Waals surface area contributed by atoms with E-state index >= 15 is 0 Å².